The third-order valence-corrected chi connectivity index (χ3v) is 11.7. The topological polar surface area (TPSA) is 171 Å². The summed E-state index contributed by atoms with van der Waals surface area (Å²) in [4.78, 5) is 69.0. The zero-order valence-corrected chi connectivity index (χ0v) is 30.7. The van der Waals surface area contributed by atoms with E-state index in [1.807, 2.05) is 20.8 Å². The first-order valence-corrected chi connectivity index (χ1v) is 18.8. The van der Waals surface area contributed by atoms with Crippen LogP contribution in [0.4, 0.5) is 4.79 Å². The molecule has 48 heavy (non-hydrogen) atoms. The second-order valence-corrected chi connectivity index (χ2v) is 17.5. The number of likely N-dealkylation sites (tertiary alicyclic amines) is 1. The smallest absolute Gasteiger partial charge is 0.315 e. The molecule has 13 heteroatoms. The van der Waals surface area contributed by atoms with E-state index in [0.29, 0.717) is 12.8 Å². The van der Waals surface area contributed by atoms with Crippen LogP contribution in [0, 0.1) is 29.1 Å². The number of Topliss-reactive ketones (excluding diaryl/α,β-unsaturated/α-hetero) is 1. The Kier molecular flexibility index (Phi) is 14.3. The first-order valence-electron chi connectivity index (χ1n) is 17.0. The van der Waals surface area contributed by atoms with Crippen molar-refractivity contribution in [1.82, 2.24) is 26.2 Å². The average Bonchev–Trinajstić information content (AvgIpc) is 3.00. The number of urea groups is 1. The third kappa shape index (κ3) is 11.1. The van der Waals surface area contributed by atoms with Gasteiger partial charge in [0.25, 0.3) is 5.91 Å². The number of sulfone groups is 1. The number of rotatable bonds is 14. The molecule has 2 aliphatic rings. The standard InChI is InChI=1S/C35H57N5O7S/c1-10-13-17-25(27(41)30(43)36-20-11-2)37-29(42)26-21-34(8,9)24(4)22-40(26)31(44)28(33(5,6)7)38-32(45)39-35(18-15-14-16-19-35)23-48(46,47)12-3/h1,11,24-26,28H,2,12-23H2,3-9H3,(H,36,43)(H,37,42)(H2,38,39,45)/t24?,25?,26-,28+/m0/s1. The van der Waals surface area contributed by atoms with Gasteiger partial charge >= 0.3 is 6.03 Å². The number of piperidine rings is 1. The van der Waals surface area contributed by atoms with Gasteiger partial charge in [0, 0.05) is 25.3 Å². The normalized spacial score (nSPS) is 21.8. The molecule has 1 saturated heterocycles. The number of carbonyl (C=O) groups is 5. The maximum Gasteiger partial charge on any atom is 0.315 e. The molecule has 4 N–H and O–H groups in total. The molecule has 0 aromatic heterocycles. The highest BCUT2D eigenvalue weighted by atomic mass is 32.2. The second kappa shape index (κ2) is 16.8. The second-order valence-electron chi connectivity index (χ2n) is 15.2. The lowest BCUT2D eigenvalue weighted by Gasteiger charge is -2.49. The van der Waals surface area contributed by atoms with Crippen LogP contribution in [0.1, 0.15) is 99.8 Å². The minimum absolute atomic E-state index is 0.0201. The third-order valence-electron chi connectivity index (χ3n) is 9.84. The van der Waals surface area contributed by atoms with Crippen LogP contribution in [0.3, 0.4) is 0 Å². The molecule has 0 bridgehead atoms. The average molecular weight is 692 g/mol. The Morgan fingerprint density at radius 2 is 1.71 bits per heavy atom. The molecular weight excluding hydrogens is 634 g/mol. The Balaban J connectivity index is 2.40. The maximum absolute atomic E-state index is 14.5. The molecule has 12 nitrogen and oxygen atoms in total. The van der Waals surface area contributed by atoms with Crippen molar-refractivity contribution >= 4 is 39.4 Å². The number of nitrogens with zero attached hydrogens (tertiary/aromatic N) is 1. The molecule has 1 heterocycles. The monoisotopic (exact) mass is 691 g/mol. The summed E-state index contributed by atoms with van der Waals surface area (Å²) in [6.07, 6.45) is 10.8. The van der Waals surface area contributed by atoms with Crippen LogP contribution in [0.15, 0.2) is 12.7 Å². The fourth-order valence-corrected chi connectivity index (χ4v) is 7.82. The van der Waals surface area contributed by atoms with Crippen LogP contribution in [0.2, 0.25) is 0 Å². The van der Waals surface area contributed by atoms with E-state index in [9.17, 15) is 32.4 Å². The predicted molar refractivity (Wildman–Crippen MR) is 186 cm³/mol. The van der Waals surface area contributed by atoms with Crippen molar-refractivity contribution in [2.24, 2.45) is 16.7 Å². The summed E-state index contributed by atoms with van der Waals surface area (Å²) < 4.78 is 25.3. The van der Waals surface area contributed by atoms with Crippen molar-refractivity contribution in [3.05, 3.63) is 12.7 Å². The van der Waals surface area contributed by atoms with Crippen LogP contribution in [0.5, 0.6) is 0 Å². The summed E-state index contributed by atoms with van der Waals surface area (Å²) >= 11 is 0. The zero-order valence-electron chi connectivity index (χ0n) is 29.9. The molecule has 2 unspecified atom stereocenters. The van der Waals surface area contributed by atoms with Gasteiger partial charge in [-0.1, -0.05) is 73.8 Å². The van der Waals surface area contributed by atoms with Gasteiger partial charge in [-0.05, 0) is 42.4 Å². The summed E-state index contributed by atoms with van der Waals surface area (Å²) in [5, 5.41) is 10.9. The zero-order chi connectivity index (χ0) is 36.5. The van der Waals surface area contributed by atoms with E-state index < -0.39 is 68.5 Å². The number of ketones is 1. The Morgan fingerprint density at radius 3 is 2.25 bits per heavy atom. The highest BCUT2D eigenvalue weighted by molar-refractivity contribution is 7.91. The minimum atomic E-state index is -3.41. The number of terminal acetylenes is 1. The molecule has 1 aliphatic carbocycles. The van der Waals surface area contributed by atoms with Crippen LogP contribution in [0.25, 0.3) is 0 Å². The molecule has 0 aromatic carbocycles. The van der Waals surface area contributed by atoms with Gasteiger partial charge in [0.2, 0.25) is 17.6 Å². The van der Waals surface area contributed by atoms with E-state index >= 15 is 0 Å². The van der Waals surface area contributed by atoms with Crippen molar-refractivity contribution in [1.29, 1.82) is 0 Å². The number of carbonyl (C=O) groups excluding carboxylic acids is 5. The molecule has 1 saturated carbocycles. The SMILES string of the molecule is C#CCCC(NC(=O)[C@@H]1CC(C)(C)C(C)CN1C(=O)[C@@H](NC(=O)NC1(CS(=O)(=O)CC)CCCCC1)C(C)(C)C)C(=O)C(=O)NCC=C. The van der Waals surface area contributed by atoms with E-state index in [1.165, 1.54) is 11.0 Å². The fraction of sp³-hybridized carbons (Fsp3) is 0.743. The van der Waals surface area contributed by atoms with E-state index in [2.05, 4.69) is 33.8 Å². The van der Waals surface area contributed by atoms with Crippen LogP contribution >= 0.6 is 0 Å². The van der Waals surface area contributed by atoms with E-state index in [4.69, 9.17) is 6.42 Å². The Labute approximate surface area is 287 Å². The molecule has 5 amide bonds. The van der Waals surface area contributed by atoms with Gasteiger partial charge in [-0.25, -0.2) is 13.2 Å². The van der Waals surface area contributed by atoms with Gasteiger partial charge in [0.1, 0.15) is 12.1 Å². The van der Waals surface area contributed by atoms with Gasteiger partial charge in [-0.2, -0.15) is 0 Å². The number of hydrogen-bond donors (Lipinski definition) is 4. The highest BCUT2D eigenvalue weighted by Crippen LogP contribution is 2.39. The van der Waals surface area contributed by atoms with E-state index in [1.54, 1.807) is 27.7 Å². The molecule has 4 atom stereocenters. The first kappa shape index (κ1) is 40.8. The molecule has 0 radical (unpaired) electrons. The van der Waals surface area contributed by atoms with Crippen LogP contribution < -0.4 is 21.3 Å². The molecule has 2 fully saturated rings. The van der Waals surface area contributed by atoms with E-state index in [-0.39, 0.29) is 55.2 Å². The molecular formula is C35H57N5O7S. The van der Waals surface area contributed by atoms with Gasteiger partial charge < -0.3 is 26.2 Å². The first-order chi connectivity index (χ1) is 22.2. The molecule has 270 valence electrons. The van der Waals surface area contributed by atoms with Crippen molar-refractivity contribution in [3.8, 4) is 12.3 Å². The molecule has 1 aliphatic heterocycles. The molecule has 0 aromatic rings. The summed E-state index contributed by atoms with van der Waals surface area (Å²) in [6, 6.07) is -3.93. The van der Waals surface area contributed by atoms with Crippen molar-refractivity contribution in [2.75, 3.05) is 24.6 Å². The lowest BCUT2D eigenvalue weighted by Crippen LogP contribution is -2.66. The minimum Gasteiger partial charge on any atom is -0.346 e. The van der Waals surface area contributed by atoms with Crippen LogP contribution in [-0.2, 0) is 29.0 Å². The van der Waals surface area contributed by atoms with Crippen molar-refractivity contribution in [2.45, 2.75) is 123 Å². The maximum atomic E-state index is 14.5. The van der Waals surface area contributed by atoms with Gasteiger partial charge in [0.05, 0.1) is 17.3 Å². The Morgan fingerprint density at radius 1 is 1.08 bits per heavy atom. The Hall–Kier alpha value is -3.40. The quantitative estimate of drug-likeness (QED) is 0.123. The fourth-order valence-electron chi connectivity index (χ4n) is 6.41. The highest BCUT2D eigenvalue weighted by Gasteiger charge is 2.48. The molecule has 0 spiro atoms. The van der Waals surface area contributed by atoms with Gasteiger partial charge in [0.15, 0.2) is 9.84 Å². The summed E-state index contributed by atoms with van der Waals surface area (Å²) in [5.74, 6) is -0.610. The van der Waals surface area contributed by atoms with Crippen LogP contribution in [-0.4, -0.2) is 91.1 Å². The Bertz CT molecular complexity index is 1360. The lowest BCUT2D eigenvalue weighted by molar-refractivity contribution is -0.151. The lowest BCUT2D eigenvalue weighted by atomic mass is 9.71. The number of hydrogen-bond acceptors (Lipinski definition) is 7. The van der Waals surface area contributed by atoms with E-state index in [0.717, 1.165) is 19.3 Å². The summed E-state index contributed by atoms with van der Waals surface area (Å²) in [7, 11) is -3.41. The van der Waals surface area contributed by atoms with Gasteiger partial charge in [-0.3, -0.25) is 19.2 Å². The predicted octanol–water partition coefficient (Wildman–Crippen LogP) is 2.87. The number of nitrogens with one attached hydrogen (secondary N) is 4. The van der Waals surface area contributed by atoms with Crippen molar-refractivity contribution in [3.63, 3.8) is 0 Å². The molecule has 2 rings (SSSR count). The summed E-state index contributed by atoms with van der Waals surface area (Å²) in [6.45, 7) is 16.8. The largest absolute Gasteiger partial charge is 0.346 e. The summed E-state index contributed by atoms with van der Waals surface area (Å²) in [5.41, 5.74) is -2.10. The van der Waals surface area contributed by atoms with Gasteiger partial charge in [-0.15, -0.1) is 18.9 Å². The van der Waals surface area contributed by atoms with Crippen molar-refractivity contribution < 1.29 is 32.4 Å². The number of amides is 5.